The Labute approximate surface area is 210 Å². The van der Waals surface area contributed by atoms with E-state index in [1.807, 2.05) is 79.0 Å². The summed E-state index contributed by atoms with van der Waals surface area (Å²) >= 11 is 0. The van der Waals surface area contributed by atoms with Crippen LogP contribution in [0, 0.1) is 0 Å². The molecule has 2 atom stereocenters. The van der Waals surface area contributed by atoms with Gasteiger partial charge in [-0.15, -0.1) is 0 Å². The summed E-state index contributed by atoms with van der Waals surface area (Å²) < 4.78 is 5.81. The van der Waals surface area contributed by atoms with Gasteiger partial charge in [-0.1, -0.05) is 43.5 Å². The zero-order valence-electron chi connectivity index (χ0n) is 19.3. The number of ketones is 1. The number of benzene rings is 2. The average molecular weight is 495 g/mol. The number of hydrogen-bond acceptors (Lipinski definition) is 3. The quantitative estimate of drug-likeness (QED) is 0.173. The summed E-state index contributed by atoms with van der Waals surface area (Å²) in [5.74, 6) is 0.857. The van der Waals surface area contributed by atoms with Crippen molar-refractivity contribution < 1.29 is 49.7 Å². The molecule has 0 bridgehead atoms. The number of rotatable bonds is 15. The molecule has 0 aliphatic carbocycles. The highest BCUT2D eigenvalue weighted by Crippen LogP contribution is 2.14. The molecule has 2 aromatic rings. The molecule has 4 N–H and O–H groups in total. The van der Waals surface area contributed by atoms with Gasteiger partial charge < -0.3 is 44.9 Å². The summed E-state index contributed by atoms with van der Waals surface area (Å²) in [6.07, 6.45) is 3.68. The number of halogens is 2. The molecule has 0 radical (unpaired) electrons. The van der Waals surface area contributed by atoms with E-state index >= 15 is 0 Å². The Morgan fingerprint density at radius 2 is 1.67 bits per heavy atom. The third kappa shape index (κ3) is 11.0. The van der Waals surface area contributed by atoms with Crippen molar-refractivity contribution in [3.63, 3.8) is 0 Å². The Hall–Kier alpha value is -2.15. The van der Waals surface area contributed by atoms with Gasteiger partial charge in [-0.05, 0) is 48.9 Å². The lowest BCUT2D eigenvalue weighted by atomic mass is 10.0. The van der Waals surface area contributed by atoms with Gasteiger partial charge in [-0.2, -0.15) is 0 Å². The van der Waals surface area contributed by atoms with Crippen LogP contribution in [0.15, 0.2) is 79.9 Å². The van der Waals surface area contributed by atoms with Crippen LogP contribution in [0.4, 0.5) is 0 Å². The highest BCUT2D eigenvalue weighted by Gasteiger charge is 2.19. The Bertz CT molecular complexity index is 806. The SMILES string of the molecule is C=CC[NH+](CC=C)CCOc1ccc(C(=O)CC[NH2+]C(C)C(O)c2ccccc2)cc1.[Cl-].[Cl-]. The van der Waals surface area contributed by atoms with Gasteiger partial charge in [0.2, 0.25) is 0 Å². The van der Waals surface area contributed by atoms with Crippen molar-refractivity contribution >= 4 is 5.78 Å². The van der Waals surface area contributed by atoms with Crippen molar-refractivity contribution in [3.8, 4) is 5.75 Å². The molecule has 0 amide bonds. The predicted molar refractivity (Wildman–Crippen MR) is 124 cm³/mol. The third-order valence-corrected chi connectivity index (χ3v) is 5.32. The lowest BCUT2D eigenvalue weighted by Gasteiger charge is -2.17. The summed E-state index contributed by atoms with van der Waals surface area (Å²) in [5, 5.41) is 12.4. The van der Waals surface area contributed by atoms with Crippen molar-refractivity contribution in [1.29, 1.82) is 0 Å². The number of carbonyl (C=O) groups excluding carboxylic acids is 1. The van der Waals surface area contributed by atoms with Crippen LogP contribution in [-0.4, -0.2) is 49.7 Å². The van der Waals surface area contributed by atoms with Crippen LogP contribution < -0.4 is 39.8 Å². The van der Waals surface area contributed by atoms with Crippen LogP contribution in [0.3, 0.4) is 0 Å². The van der Waals surface area contributed by atoms with Gasteiger partial charge in [0.25, 0.3) is 0 Å². The molecule has 0 heterocycles. The normalized spacial score (nSPS) is 12.1. The second kappa shape index (κ2) is 17.3. The molecule has 0 spiro atoms. The van der Waals surface area contributed by atoms with E-state index in [0.717, 1.165) is 30.9 Å². The molecule has 0 aliphatic heterocycles. The molecule has 182 valence electrons. The number of carbonyl (C=O) groups is 1. The number of nitrogens with one attached hydrogen (secondary N) is 1. The van der Waals surface area contributed by atoms with E-state index in [1.165, 1.54) is 4.90 Å². The first-order valence-electron chi connectivity index (χ1n) is 10.9. The molecule has 0 saturated heterocycles. The molecular weight excluding hydrogens is 459 g/mol. The van der Waals surface area contributed by atoms with E-state index in [0.29, 0.717) is 25.1 Å². The molecular formula is C26H36Cl2N2O3. The lowest BCUT2D eigenvalue weighted by Crippen LogP contribution is -3.12. The number of quaternary nitrogens is 2. The number of ether oxygens (including phenoxy) is 1. The number of nitrogens with two attached hydrogens (primary N) is 1. The fourth-order valence-corrected chi connectivity index (χ4v) is 3.45. The standard InChI is InChI=1S/C26H34N2O3.2ClH/c1-4-17-28(18-5-2)19-20-31-24-13-11-22(12-14-24)25(29)15-16-27-21(3)26(30)23-9-7-6-8-10-23;;/h4-14,21,26-27,30H,1-2,15-20H2,3H3;2*1H. The zero-order chi connectivity index (χ0) is 22.5. The fourth-order valence-electron chi connectivity index (χ4n) is 3.45. The van der Waals surface area contributed by atoms with Gasteiger partial charge in [0.1, 0.15) is 31.0 Å². The monoisotopic (exact) mass is 494 g/mol. The van der Waals surface area contributed by atoms with Gasteiger partial charge in [0.05, 0.1) is 26.1 Å². The fraction of sp³-hybridized carbons (Fsp3) is 0.346. The highest BCUT2D eigenvalue weighted by atomic mass is 35.5. The van der Waals surface area contributed by atoms with Gasteiger partial charge in [0, 0.05) is 5.56 Å². The second-order valence-electron chi connectivity index (χ2n) is 7.77. The molecule has 0 saturated carbocycles. The van der Waals surface area contributed by atoms with Crippen LogP contribution in [0.25, 0.3) is 0 Å². The Morgan fingerprint density at radius 3 is 2.24 bits per heavy atom. The third-order valence-electron chi connectivity index (χ3n) is 5.32. The van der Waals surface area contributed by atoms with Crippen molar-refractivity contribution in [2.24, 2.45) is 0 Å². The molecule has 2 rings (SSSR count). The molecule has 0 aromatic heterocycles. The van der Waals surface area contributed by atoms with Crippen LogP contribution >= 0.6 is 0 Å². The first-order valence-corrected chi connectivity index (χ1v) is 10.9. The van der Waals surface area contributed by atoms with E-state index in [9.17, 15) is 9.90 Å². The molecule has 0 aliphatic rings. The van der Waals surface area contributed by atoms with Gasteiger partial charge in [0.15, 0.2) is 5.78 Å². The number of aliphatic hydroxyl groups excluding tert-OH is 1. The van der Waals surface area contributed by atoms with E-state index in [2.05, 4.69) is 13.2 Å². The Kier molecular flexibility index (Phi) is 16.2. The summed E-state index contributed by atoms with van der Waals surface area (Å²) in [6.45, 7) is 13.4. The summed E-state index contributed by atoms with van der Waals surface area (Å²) in [7, 11) is 0. The lowest BCUT2D eigenvalue weighted by molar-refractivity contribution is -0.888. The molecule has 33 heavy (non-hydrogen) atoms. The summed E-state index contributed by atoms with van der Waals surface area (Å²) in [4.78, 5) is 13.8. The Balaban J connectivity index is 0.00000512. The second-order valence-corrected chi connectivity index (χ2v) is 7.77. The summed E-state index contributed by atoms with van der Waals surface area (Å²) in [5.41, 5.74) is 1.58. The van der Waals surface area contributed by atoms with Gasteiger partial charge >= 0.3 is 0 Å². The molecule has 7 heteroatoms. The van der Waals surface area contributed by atoms with E-state index in [1.54, 1.807) is 0 Å². The van der Waals surface area contributed by atoms with Crippen LogP contribution in [0.1, 0.15) is 35.4 Å². The molecule has 5 nitrogen and oxygen atoms in total. The van der Waals surface area contributed by atoms with Crippen LogP contribution in [0.5, 0.6) is 5.75 Å². The number of hydrogen-bond donors (Lipinski definition) is 3. The molecule has 0 fully saturated rings. The zero-order valence-corrected chi connectivity index (χ0v) is 20.8. The van der Waals surface area contributed by atoms with E-state index in [-0.39, 0.29) is 36.6 Å². The van der Waals surface area contributed by atoms with Crippen LogP contribution in [0.2, 0.25) is 0 Å². The molecule has 2 unspecified atom stereocenters. The minimum atomic E-state index is -0.552. The molecule has 2 aromatic carbocycles. The van der Waals surface area contributed by atoms with Gasteiger partial charge in [-0.25, -0.2) is 0 Å². The van der Waals surface area contributed by atoms with Gasteiger partial charge in [-0.3, -0.25) is 4.79 Å². The maximum absolute atomic E-state index is 12.5. The topological polar surface area (TPSA) is 67.6 Å². The largest absolute Gasteiger partial charge is 1.00 e. The smallest absolute Gasteiger partial charge is 0.168 e. The van der Waals surface area contributed by atoms with Crippen molar-refractivity contribution in [2.45, 2.75) is 25.5 Å². The number of aliphatic hydroxyl groups is 1. The average Bonchev–Trinajstić information content (AvgIpc) is 2.79. The number of Topliss-reactive ketones (excluding diaryl/α,β-unsaturated/α-hetero) is 1. The van der Waals surface area contributed by atoms with Crippen molar-refractivity contribution in [2.75, 3.05) is 32.8 Å². The first-order chi connectivity index (χ1) is 15.0. The van der Waals surface area contributed by atoms with Crippen molar-refractivity contribution in [3.05, 3.63) is 91.0 Å². The minimum Gasteiger partial charge on any atom is -1.00 e. The highest BCUT2D eigenvalue weighted by molar-refractivity contribution is 5.96. The maximum atomic E-state index is 12.5. The maximum Gasteiger partial charge on any atom is 0.168 e. The van der Waals surface area contributed by atoms with E-state index in [4.69, 9.17) is 4.74 Å². The van der Waals surface area contributed by atoms with Crippen molar-refractivity contribution in [1.82, 2.24) is 0 Å². The first kappa shape index (κ1) is 30.9. The van der Waals surface area contributed by atoms with Crippen LogP contribution in [-0.2, 0) is 0 Å². The van der Waals surface area contributed by atoms with E-state index < -0.39 is 6.10 Å². The Morgan fingerprint density at radius 1 is 1.06 bits per heavy atom. The predicted octanol–water partition coefficient (Wildman–Crippen LogP) is -4.41. The summed E-state index contributed by atoms with van der Waals surface area (Å²) in [6, 6.07) is 16.9. The minimum absolute atomic E-state index is 0.